The molecule has 10 heteroatoms. The molecule has 2 amide bonds. The number of amides is 2. The lowest BCUT2D eigenvalue weighted by atomic mass is 9.84. The van der Waals surface area contributed by atoms with E-state index in [1.165, 1.54) is 9.58 Å². The Morgan fingerprint density at radius 2 is 1.56 bits per heavy atom. The van der Waals surface area contributed by atoms with Crippen LogP contribution in [0, 0.1) is 0 Å². The second kappa shape index (κ2) is 9.33. The van der Waals surface area contributed by atoms with E-state index in [9.17, 15) is 27.9 Å². The van der Waals surface area contributed by atoms with Crippen LogP contribution in [0.25, 0.3) is 0 Å². The molecule has 2 aromatic carbocycles. The highest BCUT2D eigenvalue weighted by atomic mass is 19.4. The largest absolute Gasteiger partial charge is 0.465 e. The number of benzene rings is 2. The summed E-state index contributed by atoms with van der Waals surface area (Å²) in [6, 6.07) is 18.0. The first-order chi connectivity index (χ1) is 17.2. The van der Waals surface area contributed by atoms with Crippen molar-refractivity contribution in [1.82, 2.24) is 14.7 Å². The molecule has 3 heterocycles. The first-order valence-corrected chi connectivity index (χ1v) is 11.8. The third kappa shape index (κ3) is 4.43. The van der Waals surface area contributed by atoms with Crippen molar-refractivity contribution in [2.45, 2.75) is 43.3 Å². The molecule has 0 bridgehead atoms. The maximum absolute atomic E-state index is 14.3. The Bertz CT molecular complexity index is 1210. The fourth-order valence-electron chi connectivity index (χ4n) is 5.26. The van der Waals surface area contributed by atoms with Gasteiger partial charge in [0.1, 0.15) is 11.9 Å². The Morgan fingerprint density at radius 3 is 2.06 bits per heavy atom. The molecule has 1 unspecified atom stereocenters. The van der Waals surface area contributed by atoms with Crippen molar-refractivity contribution < 1.29 is 27.9 Å². The first-order valence-electron chi connectivity index (χ1n) is 11.8. The highest BCUT2D eigenvalue weighted by Gasteiger charge is 2.49. The van der Waals surface area contributed by atoms with Crippen LogP contribution in [0.15, 0.2) is 60.7 Å². The van der Waals surface area contributed by atoms with E-state index in [0.717, 1.165) is 11.1 Å². The number of rotatable bonds is 4. The highest BCUT2D eigenvalue weighted by molar-refractivity contribution is 5.94. The molecule has 0 aliphatic carbocycles. The zero-order valence-electron chi connectivity index (χ0n) is 19.3. The van der Waals surface area contributed by atoms with E-state index < -0.39 is 36.6 Å². The lowest BCUT2D eigenvalue weighted by Crippen LogP contribution is -2.37. The van der Waals surface area contributed by atoms with E-state index in [1.807, 2.05) is 60.7 Å². The van der Waals surface area contributed by atoms with Crippen molar-refractivity contribution in [3.63, 3.8) is 0 Å². The molecule has 36 heavy (non-hydrogen) atoms. The molecule has 2 N–H and O–H groups in total. The van der Waals surface area contributed by atoms with Crippen LogP contribution in [0.5, 0.6) is 0 Å². The molecule has 1 saturated heterocycles. The van der Waals surface area contributed by atoms with Crippen molar-refractivity contribution in [1.29, 1.82) is 0 Å². The molecule has 3 aromatic rings. The van der Waals surface area contributed by atoms with Crippen molar-refractivity contribution in [2.24, 2.45) is 0 Å². The second-order valence-corrected chi connectivity index (χ2v) is 9.21. The Labute approximate surface area is 205 Å². The smallest absolute Gasteiger partial charge is 0.407 e. The Morgan fingerprint density at radius 1 is 1.00 bits per heavy atom. The Hall–Kier alpha value is -3.82. The Balaban J connectivity index is 1.69. The number of halogens is 3. The quantitative estimate of drug-likeness (QED) is 0.507. The number of aromatic nitrogens is 2. The minimum Gasteiger partial charge on any atom is -0.465 e. The van der Waals surface area contributed by atoms with Crippen molar-refractivity contribution in [3.8, 4) is 0 Å². The third-order valence-electron chi connectivity index (χ3n) is 6.99. The highest BCUT2D eigenvalue weighted by Crippen LogP contribution is 2.49. The molecule has 5 rings (SSSR count). The number of piperidine rings is 1. The van der Waals surface area contributed by atoms with Gasteiger partial charge in [0.05, 0.1) is 11.6 Å². The van der Waals surface area contributed by atoms with E-state index >= 15 is 0 Å². The van der Waals surface area contributed by atoms with Gasteiger partial charge in [0, 0.05) is 31.0 Å². The maximum Gasteiger partial charge on any atom is 0.407 e. The molecular weight excluding hydrogens is 473 g/mol. The minimum absolute atomic E-state index is 0.00672. The van der Waals surface area contributed by atoms with Gasteiger partial charge in [-0.05, 0) is 24.0 Å². The number of nitrogens with zero attached hydrogens (tertiary/aromatic N) is 3. The molecule has 188 valence electrons. The molecule has 1 atom stereocenters. The molecule has 1 fully saturated rings. The summed E-state index contributed by atoms with van der Waals surface area (Å²) in [5.74, 6) is -2.99. The maximum atomic E-state index is 14.3. The molecule has 2 aliphatic heterocycles. The van der Waals surface area contributed by atoms with Gasteiger partial charge >= 0.3 is 12.3 Å². The number of hydrogen-bond donors (Lipinski definition) is 2. The van der Waals surface area contributed by atoms with Gasteiger partial charge in [0.25, 0.3) is 0 Å². The molecule has 0 radical (unpaired) electrons. The monoisotopic (exact) mass is 498 g/mol. The summed E-state index contributed by atoms with van der Waals surface area (Å²) in [7, 11) is 0. The number of fused-ring (bicyclic) bond motifs is 1. The van der Waals surface area contributed by atoms with Gasteiger partial charge in [-0.1, -0.05) is 60.7 Å². The fourth-order valence-corrected chi connectivity index (χ4v) is 5.26. The van der Waals surface area contributed by atoms with E-state index in [0.29, 0.717) is 12.8 Å². The Kier molecular flexibility index (Phi) is 6.19. The van der Waals surface area contributed by atoms with Crippen LogP contribution in [-0.4, -0.2) is 51.1 Å². The average molecular weight is 499 g/mol. The normalized spacial score (nSPS) is 18.7. The van der Waals surface area contributed by atoms with Gasteiger partial charge in [-0.15, -0.1) is 0 Å². The third-order valence-corrected chi connectivity index (χ3v) is 6.99. The number of carbonyl (C=O) groups is 2. The van der Waals surface area contributed by atoms with E-state index in [2.05, 4.69) is 5.32 Å². The predicted molar refractivity (Wildman–Crippen MR) is 126 cm³/mol. The van der Waals surface area contributed by atoms with Crippen LogP contribution in [0.2, 0.25) is 0 Å². The summed E-state index contributed by atoms with van der Waals surface area (Å²) in [6.45, 7) is 0.428. The number of likely N-dealkylation sites (tertiary alicyclic amines) is 1. The van der Waals surface area contributed by atoms with Crippen LogP contribution in [0.4, 0.5) is 23.8 Å². The summed E-state index contributed by atoms with van der Waals surface area (Å²) in [5, 5.41) is 16.8. The number of carbonyl (C=O) groups excluding carboxylic acids is 1. The second-order valence-electron chi connectivity index (χ2n) is 9.21. The zero-order valence-corrected chi connectivity index (χ0v) is 19.3. The molecule has 0 spiro atoms. The van der Waals surface area contributed by atoms with Gasteiger partial charge in [0.2, 0.25) is 5.91 Å². The van der Waals surface area contributed by atoms with Gasteiger partial charge in [0.15, 0.2) is 0 Å². The first kappa shape index (κ1) is 23.9. The van der Waals surface area contributed by atoms with Crippen molar-refractivity contribution in [2.75, 3.05) is 18.4 Å². The zero-order chi connectivity index (χ0) is 25.4. The SMILES string of the molecule is O=C1CC(C(F)(F)F)c2c(C3CCN(C(=O)O)CC3)nn(C(c3ccccc3)c3ccccc3)c2N1. The van der Waals surface area contributed by atoms with Gasteiger partial charge in [-0.2, -0.15) is 18.3 Å². The van der Waals surface area contributed by atoms with Gasteiger partial charge in [-0.3, -0.25) is 4.79 Å². The average Bonchev–Trinajstić information content (AvgIpc) is 3.23. The summed E-state index contributed by atoms with van der Waals surface area (Å²) in [5.41, 5.74) is 1.90. The number of hydrogen-bond acceptors (Lipinski definition) is 3. The molecular formula is C26H25F3N4O3. The van der Waals surface area contributed by atoms with Crippen LogP contribution in [-0.2, 0) is 4.79 Å². The lowest BCUT2D eigenvalue weighted by molar-refractivity contribution is -0.157. The summed E-state index contributed by atoms with van der Waals surface area (Å²) < 4.78 is 44.3. The van der Waals surface area contributed by atoms with Crippen LogP contribution in [0.1, 0.15) is 59.5 Å². The lowest BCUT2D eigenvalue weighted by Gasteiger charge is -2.31. The molecule has 2 aliphatic rings. The van der Waals surface area contributed by atoms with Gasteiger partial charge in [-0.25, -0.2) is 9.48 Å². The topological polar surface area (TPSA) is 87.5 Å². The standard InChI is InChI=1S/C26H25F3N4O3/c27-26(28,29)19-15-20(34)30-24-21(19)22(16-11-13-32(14-12-16)25(35)36)31-33(24)23(17-7-3-1-4-8-17)18-9-5-2-6-10-18/h1-10,16,19,23H,11-15H2,(H,30,34)(H,35,36). The number of nitrogens with one attached hydrogen (secondary N) is 1. The molecule has 0 saturated carbocycles. The number of alkyl halides is 3. The molecule has 1 aromatic heterocycles. The minimum atomic E-state index is -4.63. The predicted octanol–water partition coefficient (Wildman–Crippen LogP) is 5.37. The van der Waals surface area contributed by atoms with E-state index in [-0.39, 0.29) is 36.1 Å². The van der Waals surface area contributed by atoms with E-state index in [1.54, 1.807) is 0 Å². The summed E-state index contributed by atoms with van der Waals surface area (Å²) in [6.07, 6.45) is -5.67. The van der Waals surface area contributed by atoms with Crippen molar-refractivity contribution >= 4 is 17.8 Å². The summed E-state index contributed by atoms with van der Waals surface area (Å²) >= 11 is 0. The number of carboxylic acid groups (broad SMARTS) is 1. The van der Waals surface area contributed by atoms with Crippen LogP contribution in [0.3, 0.4) is 0 Å². The van der Waals surface area contributed by atoms with Crippen LogP contribution >= 0.6 is 0 Å². The van der Waals surface area contributed by atoms with Crippen molar-refractivity contribution in [3.05, 3.63) is 83.0 Å². The number of anilines is 1. The molecule has 7 nitrogen and oxygen atoms in total. The van der Waals surface area contributed by atoms with E-state index in [4.69, 9.17) is 5.10 Å². The summed E-state index contributed by atoms with van der Waals surface area (Å²) in [4.78, 5) is 25.1. The van der Waals surface area contributed by atoms with Gasteiger partial charge < -0.3 is 15.3 Å². The van der Waals surface area contributed by atoms with Crippen LogP contribution < -0.4 is 5.32 Å². The fraction of sp³-hybridized carbons (Fsp3) is 0.346.